The SMILES string of the molecule is CCCCCCCCCCCCCCC/C=C/CCCC[N+](CCC(C)C(=O)[O-])(CCC(C)C(=O)O)CCC(C)C(=O)O. The van der Waals surface area contributed by atoms with Crippen molar-refractivity contribution < 1.29 is 34.2 Å². The first-order valence-corrected chi connectivity index (χ1v) is 17.7. The molecule has 0 aliphatic heterocycles. The van der Waals surface area contributed by atoms with Gasteiger partial charge in [-0.2, -0.15) is 0 Å². The van der Waals surface area contributed by atoms with E-state index >= 15 is 0 Å². The second kappa shape index (κ2) is 26.5. The Labute approximate surface area is 264 Å². The Bertz CT molecular complexity index is 692. The fraction of sp³-hybridized carbons (Fsp3) is 0.861. The Balaban J connectivity index is 4.51. The lowest BCUT2D eigenvalue weighted by Crippen LogP contribution is -2.52. The molecule has 0 rings (SSSR count). The van der Waals surface area contributed by atoms with Crippen molar-refractivity contribution in [1.29, 1.82) is 0 Å². The van der Waals surface area contributed by atoms with Crippen molar-refractivity contribution in [3.63, 3.8) is 0 Å². The van der Waals surface area contributed by atoms with Crippen LogP contribution in [0.15, 0.2) is 12.2 Å². The number of carbonyl (C=O) groups is 3. The largest absolute Gasteiger partial charge is 0.550 e. The minimum Gasteiger partial charge on any atom is -0.550 e. The minimum absolute atomic E-state index is 0.435. The summed E-state index contributed by atoms with van der Waals surface area (Å²) < 4.78 is 0.565. The highest BCUT2D eigenvalue weighted by Gasteiger charge is 2.30. The summed E-state index contributed by atoms with van der Waals surface area (Å²) in [6.07, 6.45) is 27.8. The van der Waals surface area contributed by atoms with Gasteiger partial charge in [-0.15, -0.1) is 0 Å². The number of carboxylic acid groups (broad SMARTS) is 3. The maximum Gasteiger partial charge on any atom is 0.306 e. The molecule has 0 saturated carbocycles. The molecule has 0 aliphatic carbocycles. The van der Waals surface area contributed by atoms with Crippen LogP contribution in [0.4, 0.5) is 0 Å². The van der Waals surface area contributed by atoms with Crippen LogP contribution in [-0.2, 0) is 14.4 Å². The van der Waals surface area contributed by atoms with Crippen LogP contribution in [0.5, 0.6) is 0 Å². The molecule has 252 valence electrons. The van der Waals surface area contributed by atoms with E-state index in [1.165, 1.54) is 83.5 Å². The fourth-order valence-corrected chi connectivity index (χ4v) is 5.66. The van der Waals surface area contributed by atoms with Gasteiger partial charge in [0.2, 0.25) is 0 Å². The van der Waals surface area contributed by atoms with Crippen LogP contribution in [-0.4, -0.2) is 58.8 Å². The number of carbonyl (C=O) groups excluding carboxylic acids is 1. The molecular weight excluding hydrogens is 542 g/mol. The van der Waals surface area contributed by atoms with Crippen LogP contribution in [0.2, 0.25) is 0 Å². The zero-order valence-electron chi connectivity index (χ0n) is 28.3. The smallest absolute Gasteiger partial charge is 0.306 e. The summed E-state index contributed by atoms with van der Waals surface area (Å²) in [4.78, 5) is 34.4. The van der Waals surface area contributed by atoms with Crippen LogP contribution >= 0.6 is 0 Å². The normalized spacial score (nSPS) is 15.3. The maximum atomic E-state index is 11.5. The van der Waals surface area contributed by atoms with Gasteiger partial charge >= 0.3 is 11.9 Å². The molecule has 0 spiro atoms. The second-order valence-corrected chi connectivity index (χ2v) is 13.3. The van der Waals surface area contributed by atoms with Crippen molar-refractivity contribution in [2.45, 2.75) is 156 Å². The molecule has 43 heavy (non-hydrogen) atoms. The van der Waals surface area contributed by atoms with E-state index in [0.29, 0.717) is 43.4 Å². The van der Waals surface area contributed by atoms with Gasteiger partial charge in [-0.05, 0) is 32.1 Å². The van der Waals surface area contributed by atoms with E-state index in [1.54, 1.807) is 20.8 Å². The first kappa shape index (κ1) is 41.1. The molecule has 3 unspecified atom stereocenters. The second-order valence-electron chi connectivity index (χ2n) is 13.3. The molecule has 0 aromatic carbocycles. The molecule has 7 heteroatoms. The van der Waals surface area contributed by atoms with E-state index in [4.69, 9.17) is 0 Å². The molecule has 2 N–H and O–H groups in total. The molecule has 0 aliphatic rings. The Morgan fingerprint density at radius 3 is 1.28 bits per heavy atom. The van der Waals surface area contributed by atoms with E-state index in [1.807, 2.05) is 0 Å². The van der Waals surface area contributed by atoms with Gasteiger partial charge in [0.15, 0.2) is 0 Å². The first-order chi connectivity index (χ1) is 20.5. The summed E-state index contributed by atoms with van der Waals surface area (Å²) in [6.45, 7) is 9.90. The molecule has 0 fully saturated rings. The Morgan fingerprint density at radius 2 is 0.907 bits per heavy atom. The van der Waals surface area contributed by atoms with Gasteiger partial charge in [-0.3, -0.25) is 9.59 Å². The quantitative estimate of drug-likeness (QED) is 0.0467. The average molecular weight is 610 g/mol. The number of carboxylic acids is 3. The predicted octanol–water partition coefficient (Wildman–Crippen LogP) is 8.01. The number of nitrogens with zero attached hydrogens (tertiary/aromatic N) is 1. The molecule has 0 amide bonds. The molecule has 0 heterocycles. The number of hydrogen-bond donors (Lipinski definition) is 2. The topological polar surface area (TPSA) is 115 Å². The van der Waals surface area contributed by atoms with Crippen molar-refractivity contribution in [2.75, 3.05) is 26.2 Å². The molecular formula is C36H67NO6. The molecule has 0 radical (unpaired) electrons. The highest BCUT2D eigenvalue weighted by molar-refractivity contribution is 5.69. The van der Waals surface area contributed by atoms with Crippen LogP contribution < -0.4 is 5.11 Å². The van der Waals surface area contributed by atoms with Crippen molar-refractivity contribution in [3.05, 3.63) is 12.2 Å². The Hall–Kier alpha value is -1.89. The number of unbranched alkanes of at least 4 members (excludes halogenated alkanes) is 15. The van der Waals surface area contributed by atoms with Crippen molar-refractivity contribution >= 4 is 17.9 Å². The third-order valence-electron chi connectivity index (χ3n) is 9.25. The standard InChI is InChI=1S/C36H67NO6/c1-5-6-7-8-9-10-11-12-13-14-15-16-17-18-19-20-21-22-23-27-37(28-24-31(2)34(38)39,29-25-32(3)35(40)41)30-26-33(4)36(42)43/h19-20,31-33H,5-18,21-30H2,1-4H3,(H2-,38,39,40,41,42,43)/b20-19+. The van der Waals surface area contributed by atoms with Crippen molar-refractivity contribution in [3.8, 4) is 0 Å². The fourth-order valence-electron chi connectivity index (χ4n) is 5.66. The lowest BCUT2D eigenvalue weighted by atomic mass is 10.0. The lowest BCUT2D eigenvalue weighted by molar-refractivity contribution is -0.929. The molecule has 7 nitrogen and oxygen atoms in total. The van der Waals surface area contributed by atoms with Gasteiger partial charge in [-0.1, -0.05) is 117 Å². The van der Waals surface area contributed by atoms with Gasteiger partial charge in [0.25, 0.3) is 0 Å². The van der Waals surface area contributed by atoms with Crippen LogP contribution in [0, 0.1) is 17.8 Å². The summed E-state index contributed by atoms with van der Waals surface area (Å²) in [6, 6.07) is 0. The van der Waals surface area contributed by atoms with Crippen LogP contribution in [0.25, 0.3) is 0 Å². The number of aliphatic carboxylic acids is 3. The summed E-state index contributed by atoms with van der Waals surface area (Å²) in [5.41, 5.74) is 0. The predicted molar refractivity (Wildman–Crippen MR) is 175 cm³/mol. The van der Waals surface area contributed by atoms with Crippen molar-refractivity contribution in [2.24, 2.45) is 17.8 Å². The highest BCUT2D eigenvalue weighted by atomic mass is 16.4. The summed E-state index contributed by atoms with van der Waals surface area (Å²) in [5, 5.41) is 30.2. The third kappa shape index (κ3) is 23.2. The van der Waals surface area contributed by atoms with Crippen LogP contribution in [0.1, 0.15) is 156 Å². The lowest BCUT2D eigenvalue weighted by Gasteiger charge is -2.41. The van der Waals surface area contributed by atoms with Gasteiger partial charge < -0.3 is 24.6 Å². The van der Waals surface area contributed by atoms with Gasteiger partial charge in [0.05, 0.1) is 38.0 Å². The number of allylic oxidation sites excluding steroid dienone is 2. The number of rotatable bonds is 31. The number of hydrogen-bond acceptors (Lipinski definition) is 4. The van der Waals surface area contributed by atoms with E-state index in [-0.39, 0.29) is 0 Å². The third-order valence-corrected chi connectivity index (χ3v) is 9.25. The summed E-state index contributed by atoms with van der Waals surface area (Å²) in [5.74, 6) is -4.35. The highest BCUT2D eigenvalue weighted by Crippen LogP contribution is 2.21. The van der Waals surface area contributed by atoms with Gasteiger partial charge in [-0.25, -0.2) is 0 Å². The monoisotopic (exact) mass is 609 g/mol. The zero-order valence-corrected chi connectivity index (χ0v) is 28.3. The maximum absolute atomic E-state index is 11.5. The van der Waals surface area contributed by atoms with E-state index in [0.717, 1.165) is 32.2 Å². The van der Waals surface area contributed by atoms with E-state index in [2.05, 4.69) is 19.1 Å². The molecule has 0 aromatic heterocycles. The molecule has 0 saturated heterocycles. The first-order valence-electron chi connectivity index (χ1n) is 17.7. The number of quaternary nitrogens is 1. The minimum atomic E-state index is -1.08. The van der Waals surface area contributed by atoms with E-state index < -0.39 is 35.7 Å². The van der Waals surface area contributed by atoms with Gasteiger partial charge in [0.1, 0.15) is 0 Å². The molecule has 0 aromatic rings. The van der Waals surface area contributed by atoms with Crippen LogP contribution in [0.3, 0.4) is 0 Å². The molecule has 0 bridgehead atoms. The van der Waals surface area contributed by atoms with Crippen molar-refractivity contribution in [1.82, 2.24) is 0 Å². The van der Waals surface area contributed by atoms with Gasteiger partial charge in [0, 0.05) is 31.1 Å². The Kier molecular flexibility index (Phi) is 25.3. The molecule has 3 atom stereocenters. The average Bonchev–Trinajstić information content (AvgIpc) is 2.97. The Morgan fingerprint density at radius 1 is 0.558 bits per heavy atom. The summed E-state index contributed by atoms with van der Waals surface area (Å²) >= 11 is 0. The zero-order chi connectivity index (χ0) is 32.3. The van der Waals surface area contributed by atoms with E-state index in [9.17, 15) is 29.7 Å². The summed E-state index contributed by atoms with van der Waals surface area (Å²) in [7, 11) is 0.